The highest BCUT2D eigenvalue weighted by atomic mass is 35.5. The highest BCUT2D eigenvalue weighted by Gasteiger charge is 2.08. The number of hydrogen-bond donors (Lipinski definition) is 0. The summed E-state index contributed by atoms with van der Waals surface area (Å²) in [5, 5.41) is 0.694. The van der Waals surface area contributed by atoms with Gasteiger partial charge in [-0.2, -0.15) is 0 Å². The Kier molecular flexibility index (Phi) is 5.54. The van der Waals surface area contributed by atoms with E-state index < -0.39 is 0 Å². The molecule has 1 aromatic carbocycles. The molecule has 0 spiro atoms. The first kappa shape index (κ1) is 13.2. The van der Waals surface area contributed by atoms with Crippen molar-refractivity contribution >= 4 is 17.4 Å². The van der Waals surface area contributed by atoms with Gasteiger partial charge >= 0.3 is 0 Å². The highest BCUT2D eigenvalue weighted by Crippen LogP contribution is 2.17. The van der Waals surface area contributed by atoms with Crippen LogP contribution in [0.2, 0.25) is 5.02 Å². The Balaban J connectivity index is 2.53. The second-order valence-corrected chi connectivity index (χ2v) is 4.63. The normalized spacial score (nSPS) is 10.4. The number of halogens is 1. The third kappa shape index (κ3) is 3.97. The fourth-order valence-electron chi connectivity index (χ4n) is 1.79. The van der Waals surface area contributed by atoms with E-state index in [0.29, 0.717) is 11.4 Å². The Morgan fingerprint density at radius 3 is 2.62 bits per heavy atom. The van der Waals surface area contributed by atoms with Gasteiger partial charge in [0.15, 0.2) is 5.78 Å². The molecular weight excluding hydrogens is 220 g/mol. The topological polar surface area (TPSA) is 17.1 Å². The van der Waals surface area contributed by atoms with Gasteiger partial charge < -0.3 is 0 Å². The molecule has 0 bridgehead atoms. The number of benzene rings is 1. The first-order valence-corrected chi connectivity index (χ1v) is 6.32. The fraction of sp³-hybridized carbons (Fsp3) is 0.500. The average molecular weight is 239 g/mol. The van der Waals surface area contributed by atoms with Crippen molar-refractivity contribution in [3.05, 3.63) is 34.3 Å². The molecule has 0 radical (unpaired) electrons. The van der Waals surface area contributed by atoms with E-state index in [4.69, 9.17) is 11.6 Å². The van der Waals surface area contributed by atoms with Crippen LogP contribution in [0.1, 0.15) is 54.9 Å². The summed E-state index contributed by atoms with van der Waals surface area (Å²) in [6.45, 7) is 4.11. The van der Waals surface area contributed by atoms with Crippen LogP contribution in [0.15, 0.2) is 18.2 Å². The molecular formula is C14H19ClO. The molecule has 88 valence electrons. The molecule has 0 heterocycles. The van der Waals surface area contributed by atoms with E-state index in [-0.39, 0.29) is 5.78 Å². The van der Waals surface area contributed by atoms with Gasteiger partial charge in [0.25, 0.3) is 0 Å². The minimum Gasteiger partial charge on any atom is -0.294 e. The zero-order chi connectivity index (χ0) is 12.0. The first-order valence-electron chi connectivity index (χ1n) is 5.94. The maximum Gasteiger partial charge on any atom is 0.163 e. The molecule has 0 aliphatic carbocycles. The smallest absolute Gasteiger partial charge is 0.163 e. The zero-order valence-electron chi connectivity index (χ0n) is 10.1. The van der Waals surface area contributed by atoms with Crippen LogP contribution >= 0.6 is 11.6 Å². The van der Waals surface area contributed by atoms with Crippen LogP contribution < -0.4 is 0 Å². The van der Waals surface area contributed by atoms with E-state index in [1.54, 1.807) is 6.07 Å². The number of carbonyl (C=O) groups is 1. The van der Waals surface area contributed by atoms with E-state index in [1.165, 1.54) is 12.8 Å². The molecule has 1 nitrogen and oxygen atoms in total. The predicted molar refractivity (Wildman–Crippen MR) is 69.3 cm³/mol. The monoisotopic (exact) mass is 238 g/mol. The molecule has 1 rings (SSSR count). The van der Waals surface area contributed by atoms with E-state index in [2.05, 4.69) is 6.92 Å². The lowest BCUT2D eigenvalue weighted by atomic mass is 10.0. The van der Waals surface area contributed by atoms with Gasteiger partial charge in [-0.3, -0.25) is 4.79 Å². The first-order chi connectivity index (χ1) is 7.65. The summed E-state index contributed by atoms with van der Waals surface area (Å²) in [6, 6.07) is 5.47. The Hall–Kier alpha value is -0.820. The number of rotatable bonds is 6. The summed E-state index contributed by atoms with van der Waals surface area (Å²) >= 11 is 5.86. The lowest BCUT2D eigenvalue weighted by molar-refractivity contribution is 0.0978. The third-order valence-electron chi connectivity index (χ3n) is 2.75. The Labute approximate surface area is 103 Å². The second-order valence-electron chi connectivity index (χ2n) is 4.19. The quantitative estimate of drug-likeness (QED) is 0.514. The summed E-state index contributed by atoms with van der Waals surface area (Å²) in [7, 11) is 0. The summed E-state index contributed by atoms with van der Waals surface area (Å²) in [5.74, 6) is 0.241. The van der Waals surface area contributed by atoms with Crippen molar-refractivity contribution in [1.29, 1.82) is 0 Å². The second kappa shape index (κ2) is 6.70. The minimum atomic E-state index is 0.241. The zero-order valence-corrected chi connectivity index (χ0v) is 10.8. The molecule has 0 atom stereocenters. The number of hydrogen-bond acceptors (Lipinski definition) is 1. The maximum absolute atomic E-state index is 11.9. The number of unbranched alkanes of at least 4 members (excludes halogenated alkanes) is 3. The van der Waals surface area contributed by atoms with Gasteiger partial charge in [-0.15, -0.1) is 0 Å². The SMILES string of the molecule is CCCCCCC(=O)c1ccc(Cl)cc1C. The van der Waals surface area contributed by atoms with Gasteiger partial charge in [0.1, 0.15) is 0 Å². The van der Waals surface area contributed by atoms with Crippen LogP contribution in [0.3, 0.4) is 0 Å². The molecule has 0 saturated heterocycles. The van der Waals surface area contributed by atoms with Crippen molar-refractivity contribution in [2.24, 2.45) is 0 Å². The standard InChI is InChI=1S/C14H19ClO/c1-3-4-5-6-7-14(16)13-9-8-12(15)10-11(13)2/h8-10H,3-7H2,1-2H3. The maximum atomic E-state index is 11.9. The molecule has 0 aliphatic heterocycles. The van der Waals surface area contributed by atoms with E-state index in [0.717, 1.165) is 24.0 Å². The lowest BCUT2D eigenvalue weighted by Gasteiger charge is -2.05. The number of aryl methyl sites for hydroxylation is 1. The summed E-state index contributed by atoms with van der Waals surface area (Å²) < 4.78 is 0. The summed E-state index contributed by atoms with van der Waals surface area (Å²) in [5.41, 5.74) is 1.80. The van der Waals surface area contributed by atoms with Crippen molar-refractivity contribution in [1.82, 2.24) is 0 Å². The van der Waals surface area contributed by atoms with Crippen LogP contribution in [0, 0.1) is 6.92 Å². The van der Waals surface area contributed by atoms with Gasteiger partial charge in [-0.25, -0.2) is 0 Å². The Morgan fingerprint density at radius 2 is 2.00 bits per heavy atom. The molecule has 0 saturated carbocycles. The number of carbonyl (C=O) groups excluding carboxylic acids is 1. The van der Waals surface area contributed by atoms with Crippen molar-refractivity contribution in [2.45, 2.75) is 46.0 Å². The number of ketones is 1. The van der Waals surface area contributed by atoms with E-state index >= 15 is 0 Å². The van der Waals surface area contributed by atoms with Crippen molar-refractivity contribution in [3.63, 3.8) is 0 Å². The Bertz CT molecular complexity index is 358. The average Bonchev–Trinajstić information content (AvgIpc) is 2.24. The lowest BCUT2D eigenvalue weighted by Crippen LogP contribution is -2.01. The van der Waals surface area contributed by atoms with E-state index in [1.807, 2.05) is 19.1 Å². The molecule has 0 N–H and O–H groups in total. The number of Topliss-reactive ketones (excluding diaryl/α,β-unsaturated/α-hetero) is 1. The van der Waals surface area contributed by atoms with Gasteiger partial charge in [-0.1, -0.05) is 37.8 Å². The van der Waals surface area contributed by atoms with Crippen LogP contribution in [0.4, 0.5) is 0 Å². The summed E-state index contributed by atoms with van der Waals surface area (Å²) in [6.07, 6.45) is 5.22. The molecule has 0 amide bonds. The Morgan fingerprint density at radius 1 is 1.25 bits per heavy atom. The molecule has 0 unspecified atom stereocenters. The van der Waals surface area contributed by atoms with Crippen molar-refractivity contribution in [2.75, 3.05) is 0 Å². The van der Waals surface area contributed by atoms with Crippen LogP contribution in [0.25, 0.3) is 0 Å². The van der Waals surface area contributed by atoms with Gasteiger partial charge in [-0.05, 0) is 37.1 Å². The molecule has 1 aromatic rings. The minimum absolute atomic E-state index is 0.241. The molecule has 2 heteroatoms. The highest BCUT2D eigenvalue weighted by molar-refractivity contribution is 6.30. The summed E-state index contributed by atoms with van der Waals surface area (Å²) in [4.78, 5) is 11.9. The molecule has 0 aliphatic rings. The van der Waals surface area contributed by atoms with Gasteiger partial charge in [0.05, 0.1) is 0 Å². The van der Waals surface area contributed by atoms with Crippen LogP contribution in [-0.2, 0) is 0 Å². The van der Waals surface area contributed by atoms with Gasteiger partial charge in [0.2, 0.25) is 0 Å². The molecule has 0 aromatic heterocycles. The van der Waals surface area contributed by atoms with Crippen molar-refractivity contribution in [3.8, 4) is 0 Å². The van der Waals surface area contributed by atoms with E-state index in [9.17, 15) is 4.79 Å². The molecule has 16 heavy (non-hydrogen) atoms. The van der Waals surface area contributed by atoms with Crippen LogP contribution in [-0.4, -0.2) is 5.78 Å². The largest absolute Gasteiger partial charge is 0.294 e. The van der Waals surface area contributed by atoms with Crippen molar-refractivity contribution < 1.29 is 4.79 Å². The fourth-order valence-corrected chi connectivity index (χ4v) is 2.01. The third-order valence-corrected chi connectivity index (χ3v) is 2.98. The van der Waals surface area contributed by atoms with Gasteiger partial charge in [0, 0.05) is 17.0 Å². The van der Waals surface area contributed by atoms with Crippen LogP contribution in [0.5, 0.6) is 0 Å². The molecule has 0 fully saturated rings. The predicted octanol–water partition coefficient (Wildman–Crippen LogP) is 4.80.